The molecule has 0 saturated carbocycles. The van der Waals surface area contributed by atoms with Crippen LogP contribution in [-0.4, -0.2) is 31.2 Å². The van der Waals surface area contributed by atoms with Crippen molar-refractivity contribution < 1.29 is 14.7 Å². The van der Waals surface area contributed by atoms with Crippen LogP contribution in [0.15, 0.2) is 24.7 Å². The van der Waals surface area contributed by atoms with Crippen LogP contribution in [-0.2, 0) is 7.05 Å². The number of Topliss-reactive ketones (excluding diaryl/α,β-unsaturated/α-hetero) is 1. The molecule has 0 aliphatic rings. The van der Waals surface area contributed by atoms with E-state index in [9.17, 15) is 9.59 Å². The van der Waals surface area contributed by atoms with Crippen molar-refractivity contribution in [2.24, 2.45) is 7.05 Å². The Balaban J connectivity index is 2.59. The van der Waals surface area contributed by atoms with E-state index in [-0.39, 0.29) is 11.5 Å². The lowest BCUT2D eigenvalue weighted by atomic mass is 10.2. The van der Waals surface area contributed by atoms with E-state index in [2.05, 4.69) is 5.10 Å². The lowest BCUT2D eigenvalue weighted by molar-refractivity contribution is 0.0688. The number of carboxylic acid groups (broad SMARTS) is 1. The van der Waals surface area contributed by atoms with Gasteiger partial charge in [0.25, 0.3) is 0 Å². The number of hydrogen-bond acceptors (Lipinski definition) is 3. The third kappa shape index (κ3) is 1.96. The number of aromatic carboxylic acids is 1. The Bertz CT molecular complexity index is 595. The summed E-state index contributed by atoms with van der Waals surface area (Å²) in [5.74, 6) is -1.25. The highest BCUT2D eigenvalue weighted by Gasteiger charge is 2.16. The molecule has 0 radical (unpaired) electrons. The van der Waals surface area contributed by atoms with Crippen molar-refractivity contribution in [1.82, 2.24) is 14.3 Å². The molecule has 0 aliphatic carbocycles. The van der Waals surface area contributed by atoms with Gasteiger partial charge < -0.3 is 9.67 Å². The maximum absolute atomic E-state index is 11.2. The van der Waals surface area contributed by atoms with Crippen molar-refractivity contribution in [2.45, 2.75) is 6.92 Å². The Morgan fingerprint density at radius 1 is 1.35 bits per heavy atom. The first kappa shape index (κ1) is 11.1. The highest BCUT2D eigenvalue weighted by molar-refractivity contribution is 5.97. The van der Waals surface area contributed by atoms with Crippen molar-refractivity contribution in [2.75, 3.05) is 0 Å². The van der Waals surface area contributed by atoms with Gasteiger partial charge in [0.1, 0.15) is 5.69 Å². The van der Waals surface area contributed by atoms with Crippen LogP contribution in [0.5, 0.6) is 0 Å². The minimum Gasteiger partial charge on any atom is -0.477 e. The smallest absolute Gasteiger partial charge is 0.352 e. The number of carbonyl (C=O) groups is 2. The Hall–Kier alpha value is -2.37. The van der Waals surface area contributed by atoms with Crippen LogP contribution in [0.25, 0.3) is 5.69 Å². The quantitative estimate of drug-likeness (QED) is 0.805. The molecule has 2 aromatic rings. The standard InChI is InChI=1S/C11H11N3O3/c1-7(15)8-3-10(11(16)17)14(5-8)9-4-12-13(2)6-9/h3-6H,1-2H3,(H,16,17). The molecule has 6 nitrogen and oxygen atoms in total. The Morgan fingerprint density at radius 3 is 2.53 bits per heavy atom. The summed E-state index contributed by atoms with van der Waals surface area (Å²) < 4.78 is 3.00. The molecule has 0 fully saturated rings. The Morgan fingerprint density at radius 2 is 2.06 bits per heavy atom. The summed E-state index contributed by atoms with van der Waals surface area (Å²) in [4.78, 5) is 22.3. The monoisotopic (exact) mass is 233 g/mol. The molecule has 2 heterocycles. The lowest BCUT2D eigenvalue weighted by Gasteiger charge is -2.01. The van der Waals surface area contributed by atoms with Gasteiger partial charge in [-0.25, -0.2) is 4.79 Å². The van der Waals surface area contributed by atoms with Crippen LogP contribution in [0.4, 0.5) is 0 Å². The fourth-order valence-electron chi connectivity index (χ4n) is 1.57. The zero-order valence-electron chi connectivity index (χ0n) is 9.41. The zero-order valence-corrected chi connectivity index (χ0v) is 9.41. The van der Waals surface area contributed by atoms with E-state index in [1.165, 1.54) is 30.0 Å². The summed E-state index contributed by atoms with van der Waals surface area (Å²) in [7, 11) is 1.74. The van der Waals surface area contributed by atoms with E-state index in [0.717, 1.165) is 0 Å². The first-order valence-corrected chi connectivity index (χ1v) is 4.94. The minimum absolute atomic E-state index is 0.0446. The SMILES string of the molecule is CC(=O)c1cc(C(=O)O)n(-c2cnn(C)c2)c1. The van der Waals surface area contributed by atoms with Crippen LogP contribution in [0.2, 0.25) is 0 Å². The molecule has 0 aliphatic heterocycles. The van der Waals surface area contributed by atoms with Crippen molar-refractivity contribution >= 4 is 11.8 Å². The second-order valence-electron chi connectivity index (χ2n) is 3.72. The van der Waals surface area contributed by atoms with Gasteiger partial charge in [0.15, 0.2) is 5.78 Å². The average molecular weight is 233 g/mol. The number of nitrogens with zero attached hydrogens (tertiary/aromatic N) is 3. The van der Waals surface area contributed by atoms with Crippen molar-refractivity contribution in [3.05, 3.63) is 35.9 Å². The maximum Gasteiger partial charge on any atom is 0.352 e. The molecular weight excluding hydrogens is 222 g/mol. The van der Waals surface area contributed by atoms with E-state index in [4.69, 9.17) is 5.11 Å². The van der Waals surface area contributed by atoms with E-state index >= 15 is 0 Å². The number of carbonyl (C=O) groups excluding carboxylic acids is 1. The van der Waals surface area contributed by atoms with E-state index in [0.29, 0.717) is 11.3 Å². The molecule has 1 N–H and O–H groups in total. The highest BCUT2D eigenvalue weighted by Crippen LogP contribution is 2.16. The summed E-state index contributed by atoms with van der Waals surface area (Å²) in [6.45, 7) is 1.40. The molecule has 6 heteroatoms. The number of carboxylic acids is 1. The summed E-state index contributed by atoms with van der Waals surface area (Å²) in [6, 6.07) is 1.36. The fraction of sp³-hybridized carbons (Fsp3) is 0.182. The van der Waals surface area contributed by atoms with Crippen LogP contribution in [0.1, 0.15) is 27.8 Å². The van der Waals surface area contributed by atoms with Gasteiger partial charge in [0.05, 0.1) is 11.9 Å². The fourth-order valence-corrected chi connectivity index (χ4v) is 1.57. The van der Waals surface area contributed by atoms with E-state index < -0.39 is 5.97 Å². The zero-order chi connectivity index (χ0) is 12.6. The predicted octanol–water partition coefficient (Wildman–Crippen LogP) is 1.11. The van der Waals surface area contributed by atoms with Crippen LogP contribution in [0.3, 0.4) is 0 Å². The van der Waals surface area contributed by atoms with Gasteiger partial charge in [-0.1, -0.05) is 0 Å². The molecule has 0 amide bonds. The number of hydrogen-bond donors (Lipinski definition) is 1. The van der Waals surface area contributed by atoms with E-state index in [1.807, 2.05) is 0 Å². The first-order valence-electron chi connectivity index (χ1n) is 4.94. The summed E-state index contributed by atoms with van der Waals surface area (Å²) in [5.41, 5.74) is 1.02. The molecule has 0 bridgehead atoms. The van der Waals surface area contributed by atoms with Gasteiger partial charge in [-0.2, -0.15) is 5.10 Å². The molecule has 0 aromatic carbocycles. The van der Waals surface area contributed by atoms with Crippen molar-refractivity contribution in [1.29, 1.82) is 0 Å². The van der Waals surface area contributed by atoms with Gasteiger partial charge >= 0.3 is 5.97 Å². The van der Waals surface area contributed by atoms with Gasteiger partial charge in [-0.15, -0.1) is 0 Å². The average Bonchev–Trinajstić information content (AvgIpc) is 2.82. The Kier molecular flexibility index (Phi) is 2.55. The third-order valence-corrected chi connectivity index (χ3v) is 2.42. The Labute approximate surface area is 97.1 Å². The minimum atomic E-state index is -1.08. The van der Waals surface area contributed by atoms with Gasteiger partial charge in [-0.05, 0) is 13.0 Å². The number of aryl methyl sites for hydroxylation is 1. The predicted molar refractivity (Wildman–Crippen MR) is 59.5 cm³/mol. The first-order chi connectivity index (χ1) is 7.99. The van der Waals surface area contributed by atoms with Gasteiger partial charge in [0, 0.05) is 25.0 Å². The molecule has 0 unspecified atom stereocenters. The van der Waals surface area contributed by atoms with E-state index in [1.54, 1.807) is 17.9 Å². The van der Waals surface area contributed by atoms with Crippen molar-refractivity contribution in [3.63, 3.8) is 0 Å². The molecule has 88 valence electrons. The van der Waals surface area contributed by atoms with Crippen LogP contribution in [0, 0.1) is 0 Å². The second-order valence-corrected chi connectivity index (χ2v) is 3.72. The molecule has 0 saturated heterocycles. The third-order valence-electron chi connectivity index (χ3n) is 2.42. The van der Waals surface area contributed by atoms with Gasteiger partial charge in [0.2, 0.25) is 0 Å². The summed E-state index contributed by atoms with van der Waals surface area (Å²) in [6.07, 6.45) is 4.72. The van der Waals surface area contributed by atoms with Gasteiger partial charge in [-0.3, -0.25) is 9.48 Å². The van der Waals surface area contributed by atoms with Crippen LogP contribution >= 0.6 is 0 Å². The normalized spacial score (nSPS) is 10.5. The number of aromatic nitrogens is 3. The molecule has 2 aromatic heterocycles. The summed E-state index contributed by atoms with van der Waals surface area (Å²) in [5, 5.41) is 13.0. The molecule has 0 atom stereocenters. The summed E-state index contributed by atoms with van der Waals surface area (Å²) >= 11 is 0. The maximum atomic E-state index is 11.2. The lowest BCUT2D eigenvalue weighted by Crippen LogP contribution is -2.04. The largest absolute Gasteiger partial charge is 0.477 e. The van der Waals surface area contributed by atoms with Crippen molar-refractivity contribution in [3.8, 4) is 5.69 Å². The molecule has 2 rings (SSSR count). The molecular formula is C11H11N3O3. The van der Waals surface area contributed by atoms with Crippen LogP contribution < -0.4 is 0 Å². The molecule has 17 heavy (non-hydrogen) atoms. The topological polar surface area (TPSA) is 77.1 Å². The molecule has 0 spiro atoms. The second kappa shape index (κ2) is 3.89. The number of rotatable bonds is 3. The highest BCUT2D eigenvalue weighted by atomic mass is 16.4. The number of ketones is 1.